The van der Waals surface area contributed by atoms with Crippen molar-refractivity contribution in [1.82, 2.24) is 0 Å². The Kier molecular flexibility index (Phi) is 7.56. The van der Waals surface area contributed by atoms with E-state index in [2.05, 4.69) is 14.9 Å². The number of nitrogens with one attached hydrogen (secondary N) is 2. The Morgan fingerprint density at radius 2 is 1.67 bits per heavy atom. The summed E-state index contributed by atoms with van der Waals surface area (Å²) in [6.45, 7) is 4.63. The van der Waals surface area contributed by atoms with Crippen molar-refractivity contribution in [3.8, 4) is 0 Å². The summed E-state index contributed by atoms with van der Waals surface area (Å²) in [6.07, 6.45) is 0. The maximum atomic E-state index is 12.9. The van der Waals surface area contributed by atoms with Gasteiger partial charge < -0.3 is 20.7 Å². The SMILES string of the molecule is Cc1ccc(NC(=O)c2cccc(N3CCOCC3)c2)cc1CS(=O)(=O)Nc1cccc(C(N)=O)c1. The van der Waals surface area contributed by atoms with Crippen LogP contribution in [0, 0.1) is 6.92 Å². The van der Waals surface area contributed by atoms with Crippen LogP contribution in [0.4, 0.5) is 17.1 Å². The summed E-state index contributed by atoms with van der Waals surface area (Å²) in [5, 5.41) is 2.86. The molecule has 10 heteroatoms. The zero-order valence-electron chi connectivity index (χ0n) is 19.9. The Hall–Kier alpha value is -3.89. The van der Waals surface area contributed by atoms with Gasteiger partial charge in [-0.05, 0) is 66.6 Å². The smallest absolute Gasteiger partial charge is 0.255 e. The van der Waals surface area contributed by atoms with Crippen LogP contribution in [-0.2, 0) is 20.5 Å². The van der Waals surface area contributed by atoms with Gasteiger partial charge in [-0.25, -0.2) is 8.42 Å². The van der Waals surface area contributed by atoms with E-state index in [9.17, 15) is 18.0 Å². The number of anilines is 3. The molecule has 0 aromatic heterocycles. The third kappa shape index (κ3) is 6.41. The van der Waals surface area contributed by atoms with E-state index in [-0.39, 0.29) is 22.9 Å². The molecular weight excluding hydrogens is 480 g/mol. The van der Waals surface area contributed by atoms with Gasteiger partial charge in [-0.2, -0.15) is 0 Å². The molecule has 1 saturated heterocycles. The predicted molar refractivity (Wildman–Crippen MR) is 140 cm³/mol. The lowest BCUT2D eigenvalue weighted by Crippen LogP contribution is -2.36. The first-order valence-electron chi connectivity index (χ1n) is 11.4. The zero-order chi connectivity index (χ0) is 25.7. The molecule has 188 valence electrons. The average Bonchev–Trinajstić information content (AvgIpc) is 2.86. The number of benzene rings is 3. The second kappa shape index (κ2) is 10.8. The van der Waals surface area contributed by atoms with Gasteiger partial charge in [0.2, 0.25) is 15.9 Å². The van der Waals surface area contributed by atoms with Gasteiger partial charge in [0.15, 0.2) is 0 Å². The molecule has 4 N–H and O–H groups in total. The van der Waals surface area contributed by atoms with Crippen molar-refractivity contribution in [3.63, 3.8) is 0 Å². The molecule has 1 aliphatic rings. The van der Waals surface area contributed by atoms with Gasteiger partial charge in [0.25, 0.3) is 5.91 Å². The van der Waals surface area contributed by atoms with E-state index in [4.69, 9.17) is 10.5 Å². The predicted octanol–water partition coefficient (Wildman–Crippen LogP) is 3.12. The molecule has 1 fully saturated rings. The lowest BCUT2D eigenvalue weighted by molar-refractivity contribution is 0.0997. The molecule has 9 nitrogen and oxygen atoms in total. The molecule has 2 amide bonds. The summed E-state index contributed by atoms with van der Waals surface area (Å²) < 4.78 is 33.5. The van der Waals surface area contributed by atoms with E-state index in [0.717, 1.165) is 24.3 Å². The molecule has 3 aromatic rings. The summed E-state index contributed by atoms with van der Waals surface area (Å²) in [7, 11) is -3.80. The second-order valence-corrected chi connectivity index (χ2v) is 10.3. The van der Waals surface area contributed by atoms with Crippen LogP contribution in [0.15, 0.2) is 66.7 Å². The molecule has 0 spiro atoms. The molecule has 0 radical (unpaired) electrons. The van der Waals surface area contributed by atoms with Gasteiger partial charge in [-0.15, -0.1) is 0 Å². The monoisotopic (exact) mass is 508 g/mol. The number of hydrogen-bond acceptors (Lipinski definition) is 6. The molecule has 1 heterocycles. The van der Waals surface area contributed by atoms with Crippen LogP contribution >= 0.6 is 0 Å². The number of hydrogen-bond donors (Lipinski definition) is 3. The van der Waals surface area contributed by atoms with Crippen molar-refractivity contribution >= 4 is 38.9 Å². The highest BCUT2D eigenvalue weighted by atomic mass is 32.2. The highest BCUT2D eigenvalue weighted by Gasteiger charge is 2.17. The maximum Gasteiger partial charge on any atom is 0.255 e. The minimum atomic E-state index is -3.80. The van der Waals surface area contributed by atoms with E-state index < -0.39 is 15.9 Å². The largest absolute Gasteiger partial charge is 0.378 e. The molecular formula is C26H28N4O5S. The Morgan fingerprint density at radius 3 is 2.42 bits per heavy atom. The third-order valence-corrected chi connectivity index (χ3v) is 7.10. The van der Waals surface area contributed by atoms with Crippen molar-refractivity contribution in [2.75, 3.05) is 41.2 Å². The Balaban J connectivity index is 1.47. The summed E-state index contributed by atoms with van der Waals surface area (Å²) in [4.78, 5) is 26.5. The fourth-order valence-corrected chi connectivity index (χ4v) is 5.21. The fourth-order valence-electron chi connectivity index (χ4n) is 3.93. The average molecular weight is 509 g/mol. The minimum absolute atomic E-state index is 0.203. The first-order chi connectivity index (χ1) is 17.2. The maximum absolute atomic E-state index is 12.9. The number of rotatable bonds is 8. The highest BCUT2D eigenvalue weighted by molar-refractivity contribution is 7.91. The number of amides is 2. The second-order valence-electron chi connectivity index (χ2n) is 8.55. The van der Waals surface area contributed by atoms with E-state index in [0.29, 0.717) is 30.0 Å². The van der Waals surface area contributed by atoms with Gasteiger partial charge in [0.1, 0.15) is 0 Å². The van der Waals surface area contributed by atoms with E-state index in [1.807, 2.05) is 18.2 Å². The Labute approximate surface area is 210 Å². The lowest BCUT2D eigenvalue weighted by atomic mass is 10.1. The van der Waals surface area contributed by atoms with Gasteiger partial charge in [0, 0.05) is 41.3 Å². The molecule has 0 aliphatic carbocycles. The molecule has 4 rings (SSSR count). The summed E-state index contributed by atoms with van der Waals surface area (Å²) in [6, 6.07) is 18.5. The fraction of sp³-hybridized carbons (Fsp3) is 0.231. The van der Waals surface area contributed by atoms with Crippen LogP contribution < -0.4 is 20.7 Å². The number of carbonyl (C=O) groups is 2. The van der Waals surface area contributed by atoms with Crippen LogP contribution in [0.2, 0.25) is 0 Å². The molecule has 0 bridgehead atoms. The topological polar surface area (TPSA) is 131 Å². The van der Waals surface area contributed by atoms with Crippen LogP contribution in [0.1, 0.15) is 31.8 Å². The number of sulfonamides is 1. The third-order valence-electron chi connectivity index (χ3n) is 5.86. The first kappa shape index (κ1) is 25.2. The molecule has 0 saturated carbocycles. The Morgan fingerprint density at radius 1 is 0.944 bits per heavy atom. The number of morpholine rings is 1. The van der Waals surface area contributed by atoms with Crippen molar-refractivity contribution in [2.24, 2.45) is 5.73 Å². The van der Waals surface area contributed by atoms with Crippen LogP contribution in [-0.4, -0.2) is 46.5 Å². The number of primary amides is 1. The van der Waals surface area contributed by atoms with Crippen molar-refractivity contribution in [3.05, 3.63) is 89.0 Å². The van der Waals surface area contributed by atoms with Crippen molar-refractivity contribution in [2.45, 2.75) is 12.7 Å². The quantitative estimate of drug-likeness (QED) is 0.429. The number of nitrogens with two attached hydrogens (primary N) is 1. The van der Waals surface area contributed by atoms with E-state index in [1.165, 1.54) is 12.1 Å². The minimum Gasteiger partial charge on any atom is -0.378 e. The van der Waals surface area contributed by atoms with Gasteiger partial charge in [-0.1, -0.05) is 18.2 Å². The van der Waals surface area contributed by atoms with Crippen molar-refractivity contribution in [1.29, 1.82) is 0 Å². The highest BCUT2D eigenvalue weighted by Crippen LogP contribution is 2.22. The zero-order valence-corrected chi connectivity index (χ0v) is 20.7. The van der Waals surface area contributed by atoms with Gasteiger partial charge >= 0.3 is 0 Å². The van der Waals surface area contributed by atoms with E-state index >= 15 is 0 Å². The number of carbonyl (C=O) groups excluding carboxylic acids is 2. The number of ether oxygens (including phenoxy) is 1. The summed E-state index contributed by atoms with van der Waals surface area (Å²) in [5.41, 5.74) is 8.97. The summed E-state index contributed by atoms with van der Waals surface area (Å²) >= 11 is 0. The van der Waals surface area contributed by atoms with Crippen molar-refractivity contribution < 1.29 is 22.7 Å². The summed E-state index contributed by atoms with van der Waals surface area (Å²) in [5.74, 6) is -1.24. The van der Waals surface area contributed by atoms with Crippen LogP contribution in [0.3, 0.4) is 0 Å². The number of aryl methyl sites for hydroxylation is 1. The molecule has 1 aliphatic heterocycles. The molecule has 0 unspecified atom stereocenters. The first-order valence-corrected chi connectivity index (χ1v) is 13.1. The Bertz CT molecular complexity index is 1380. The standard InChI is InChI=1S/C26H28N4O5S/c1-18-8-9-22(28-26(32)20-5-3-7-24(16-20)30-10-12-35-13-11-30)15-21(18)17-36(33,34)29-23-6-2-4-19(14-23)25(27)31/h2-9,14-16,29H,10-13,17H2,1H3,(H2,27,31)(H,28,32). The van der Waals surface area contributed by atoms with E-state index in [1.54, 1.807) is 43.3 Å². The molecule has 0 atom stereocenters. The molecule has 3 aromatic carbocycles. The number of nitrogens with zero attached hydrogens (tertiary/aromatic N) is 1. The lowest BCUT2D eigenvalue weighted by Gasteiger charge is -2.29. The van der Waals surface area contributed by atoms with Crippen LogP contribution in [0.5, 0.6) is 0 Å². The molecule has 36 heavy (non-hydrogen) atoms. The van der Waals surface area contributed by atoms with Crippen LogP contribution in [0.25, 0.3) is 0 Å². The normalized spacial score (nSPS) is 13.8. The van der Waals surface area contributed by atoms with Gasteiger partial charge in [-0.3, -0.25) is 14.3 Å². The van der Waals surface area contributed by atoms with Gasteiger partial charge in [0.05, 0.1) is 19.0 Å².